The minimum Gasteiger partial charge on any atom is -0.504 e. The van der Waals surface area contributed by atoms with E-state index in [2.05, 4.69) is 22.8 Å². The molecule has 0 unspecified atom stereocenters. The van der Waals surface area contributed by atoms with Gasteiger partial charge in [-0.05, 0) is 47.7 Å². The van der Waals surface area contributed by atoms with Crippen LogP contribution in [0, 0.1) is 0 Å². The predicted octanol–water partition coefficient (Wildman–Crippen LogP) is 5.38. The Hall–Kier alpha value is -3.73. The van der Waals surface area contributed by atoms with Gasteiger partial charge in [0.05, 0.1) is 24.5 Å². The van der Waals surface area contributed by atoms with E-state index in [-0.39, 0.29) is 23.5 Å². The molecule has 3 N–H and O–H groups in total. The number of hydrogen-bond donors (Lipinski definition) is 3. The van der Waals surface area contributed by atoms with E-state index in [1.165, 1.54) is 12.7 Å². The average Bonchev–Trinajstić information content (AvgIpc) is 2.96. The van der Waals surface area contributed by atoms with Gasteiger partial charge in [-0.3, -0.25) is 4.79 Å². The molecule has 0 radical (unpaired) electrons. The maximum atomic E-state index is 13.5. The molecule has 1 aliphatic carbocycles. The zero-order valence-electron chi connectivity index (χ0n) is 17.3. The van der Waals surface area contributed by atoms with Crippen molar-refractivity contribution in [2.45, 2.75) is 24.8 Å². The van der Waals surface area contributed by atoms with Crippen molar-refractivity contribution in [3.63, 3.8) is 0 Å². The molecule has 5 nitrogen and oxygen atoms in total. The van der Waals surface area contributed by atoms with Crippen molar-refractivity contribution in [1.82, 2.24) is 0 Å². The molecule has 0 bridgehead atoms. The first-order valence-electron chi connectivity index (χ1n) is 10.4. The Morgan fingerprint density at radius 1 is 0.903 bits per heavy atom. The highest BCUT2D eigenvalue weighted by atomic mass is 16.5. The molecule has 2 atom stereocenters. The number of benzene rings is 3. The number of phenolic OH excluding ortho intramolecular Hbond substituents is 1. The lowest BCUT2D eigenvalue weighted by atomic mass is 9.78. The van der Waals surface area contributed by atoms with E-state index in [1.54, 1.807) is 12.1 Å². The van der Waals surface area contributed by atoms with Gasteiger partial charge in [0.25, 0.3) is 0 Å². The van der Waals surface area contributed by atoms with Crippen molar-refractivity contribution < 1.29 is 14.6 Å². The number of ether oxygens (including phenoxy) is 1. The van der Waals surface area contributed by atoms with Crippen molar-refractivity contribution in [2.75, 3.05) is 17.7 Å². The minimum absolute atomic E-state index is 0.0554. The summed E-state index contributed by atoms with van der Waals surface area (Å²) in [6.45, 7) is 0. The normalized spacial score (nSPS) is 20.1. The zero-order chi connectivity index (χ0) is 21.4. The van der Waals surface area contributed by atoms with Gasteiger partial charge < -0.3 is 20.5 Å². The number of fused-ring (bicyclic) bond motifs is 1. The summed E-state index contributed by atoms with van der Waals surface area (Å²) in [6.07, 6.45) is 1.21. The highest BCUT2D eigenvalue weighted by Gasteiger charge is 2.36. The maximum Gasteiger partial charge on any atom is 0.163 e. The van der Waals surface area contributed by atoms with Gasteiger partial charge in [0.2, 0.25) is 0 Å². The van der Waals surface area contributed by atoms with E-state index < -0.39 is 0 Å². The maximum absolute atomic E-state index is 13.5. The van der Waals surface area contributed by atoms with Crippen LogP contribution in [-0.4, -0.2) is 18.0 Å². The Labute approximate surface area is 181 Å². The van der Waals surface area contributed by atoms with Crippen molar-refractivity contribution >= 4 is 17.2 Å². The number of phenols is 1. The number of rotatable bonds is 3. The molecule has 3 aromatic rings. The van der Waals surface area contributed by atoms with Crippen LogP contribution in [0.25, 0.3) is 0 Å². The number of hydrogen-bond acceptors (Lipinski definition) is 5. The Bertz CT molecular complexity index is 1170. The van der Waals surface area contributed by atoms with Crippen LogP contribution in [0.5, 0.6) is 11.5 Å². The SMILES string of the molecule is COc1ccc([C@H]2Nc3ccccc3NC3=C2C(=O)C[C@H](c2ccccc2)C3)cc1O. The molecule has 0 spiro atoms. The fourth-order valence-corrected chi connectivity index (χ4v) is 4.59. The van der Waals surface area contributed by atoms with Crippen LogP contribution in [0.1, 0.15) is 35.9 Å². The van der Waals surface area contributed by atoms with E-state index in [1.807, 2.05) is 48.5 Å². The van der Waals surface area contributed by atoms with Gasteiger partial charge in [-0.1, -0.05) is 48.5 Å². The summed E-state index contributed by atoms with van der Waals surface area (Å²) in [5, 5.41) is 17.4. The van der Waals surface area contributed by atoms with Gasteiger partial charge in [-0.25, -0.2) is 0 Å². The summed E-state index contributed by atoms with van der Waals surface area (Å²) in [5.74, 6) is 0.711. The first-order valence-corrected chi connectivity index (χ1v) is 10.4. The topological polar surface area (TPSA) is 70.6 Å². The van der Waals surface area contributed by atoms with E-state index in [9.17, 15) is 9.90 Å². The fraction of sp³-hybridized carbons (Fsp3) is 0.192. The fourth-order valence-electron chi connectivity index (χ4n) is 4.59. The molecular formula is C26H24N2O3. The Morgan fingerprint density at radius 2 is 1.65 bits per heavy atom. The van der Waals surface area contributed by atoms with Crippen LogP contribution in [0.2, 0.25) is 0 Å². The van der Waals surface area contributed by atoms with Gasteiger partial charge in [-0.15, -0.1) is 0 Å². The molecule has 1 aliphatic heterocycles. The largest absolute Gasteiger partial charge is 0.504 e. The molecule has 5 rings (SSSR count). The summed E-state index contributed by atoms with van der Waals surface area (Å²) in [7, 11) is 1.52. The Kier molecular flexibility index (Phi) is 4.86. The molecule has 0 aromatic heterocycles. The number of methoxy groups -OCH3 is 1. The molecule has 1 heterocycles. The second kappa shape index (κ2) is 7.84. The lowest BCUT2D eigenvalue weighted by Crippen LogP contribution is -2.26. The summed E-state index contributed by atoms with van der Waals surface area (Å²) < 4.78 is 5.20. The smallest absolute Gasteiger partial charge is 0.163 e. The second-order valence-electron chi connectivity index (χ2n) is 8.01. The van der Waals surface area contributed by atoms with Crippen molar-refractivity contribution in [2.24, 2.45) is 0 Å². The van der Waals surface area contributed by atoms with Crippen LogP contribution < -0.4 is 15.4 Å². The highest BCUT2D eigenvalue weighted by molar-refractivity contribution is 6.01. The summed E-state index contributed by atoms with van der Waals surface area (Å²) >= 11 is 0. The van der Waals surface area contributed by atoms with Gasteiger partial charge in [0, 0.05) is 17.7 Å². The van der Waals surface area contributed by atoms with E-state index in [0.29, 0.717) is 12.2 Å². The van der Waals surface area contributed by atoms with Gasteiger partial charge >= 0.3 is 0 Å². The number of aromatic hydroxyl groups is 1. The lowest BCUT2D eigenvalue weighted by molar-refractivity contribution is -0.116. The quantitative estimate of drug-likeness (QED) is 0.539. The van der Waals surface area contributed by atoms with Crippen LogP contribution in [0.15, 0.2) is 84.1 Å². The van der Waals surface area contributed by atoms with E-state index in [0.717, 1.165) is 34.6 Å². The molecule has 5 heteroatoms. The second-order valence-corrected chi connectivity index (χ2v) is 8.01. The molecule has 0 saturated carbocycles. The van der Waals surface area contributed by atoms with Crippen molar-refractivity contribution in [1.29, 1.82) is 0 Å². The molecule has 2 aliphatic rings. The van der Waals surface area contributed by atoms with Crippen molar-refractivity contribution in [3.8, 4) is 11.5 Å². The molecule has 0 saturated heterocycles. The highest BCUT2D eigenvalue weighted by Crippen LogP contribution is 2.45. The summed E-state index contributed by atoms with van der Waals surface area (Å²) in [4.78, 5) is 13.5. The van der Waals surface area contributed by atoms with Crippen LogP contribution in [0.3, 0.4) is 0 Å². The average molecular weight is 412 g/mol. The number of ketones is 1. The molecule has 0 amide bonds. The number of Topliss-reactive ketones (excluding diaryl/α,β-unsaturated/α-hetero) is 1. The number of carbonyl (C=O) groups is 1. The zero-order valence-corrected chi connectivity index (χ0v) is 17.3. The third-order valence-corrected chi connectivity index (χ3v) is 6.12. The Balaban J connectivity index is 1.62. The Morgan fingerprint density at radius 3 is 2.39 bits per heavy atom. The first-order chi connectivity index (χ1) is 15.1. The van der Waals surface area contributed by atoms with Crippen LogP contribution in [0.4, 0.5) is 11.4 Å². The number of allylic oxidation sites excluding steroid dienone is 1. The summed E-state index contributed by atoms with van der Waals surface area (Å²) in [6, 6.07) is 23.1. The standard InChI is InChI=1S/C26H24N2O3/c1-31-24-12-11-17(14-22(24)29)26-25-21(27-19-9-5-6-10-20(19)28-26)13-18(15-23(25)30)16-7-3-2-4-8-16/h2-12,14,18,26-29H,13,15H2,1H3/t18-,26-/m1/s1. The number of carbonyl (C=O) groups excluding carboxylic acids is 1. The van der Waals surface area contributed by atoms with Gasteiger partial charge in [-0.2, -0.15) is 0 Å². The molecular weight excluding hydrogens is 388 g/mol. The summed E-state index contributed by atoms with van der Waals surface area (Å²) in [5.41, 5.74) is 5.51. The first kappa shape index (κ1) is 19.2. The number of anilines is 2. The molecule has 31 heavy (non-hydrogen) atoms. The number of nitrogens with one attached hydrogen (secondary N) is 2. The minimum atomic E-state index is -0.368. The molecule has 156 valence electrons. The van der Waals surface area contributed by atoms with Gasteiger partial charge in [0.15, 0.2) is 17.3 Å². The van der Waals surface area contributed by atoms with E-state index in [4.69, 9.17) is 4.74 Å². The monoisotopic (exact) mass is 412 g/mol. The van der Waals surface area contributed by atoms with Crippen molar-refractivity contribution in [3.05, 3.63) is 95.2 Å². The van der Waals surface area contributed by atoms with Crippen LogP contribution in [-0.2, 0) is 4.79 Å². The number of para-hydroxylation sites is 2. The predicted molar refractivity (Wildman–Crippen MR) is 122 cm³/mol. The lowest BCUT2D eigenvalue weighted by Gasteiger charge is -2.30. The molecule has 0 fully saturated rings. The van der Waals surface area contributed by atoms with Crippen LogP contribution >= 0.6 is 0 Å². The third kappa shape index (κ3) is 3.52. The third-order valence-electron chi connectivity index (χ3n) is 6.12. The van der Waals surface area contributed by atoms with E-state index >= 15 is 0 Å². The van der Waals surface area contributed by atoms with Gasteiger partial charge in [0.1, 0.15) is 0 Å². The molecule has 3 aromatic carbocycles.